The highest BCUT2D eigenvalue weighted by Crippen LogP contribution is 2.22. The van der Waals surface area contributed by atoms with Crippen molar-refractivity contribution < 1.29 is 29.0 Å². The van der Waals surface area contributed by atoms with Crippen molar-refractivity contribution >= 4 is 24.0 Å². The molecule has 0 atom stereocenters. The molecule has 23 heavy (non-hydrogen) atoms. The fraction of sp³-hybridized carbons (Fsp3) is 0.438. The Morgan fingerprint density at radius 3 is 2.35 bits per heavy atom. The summed E-state index contributed by atoms with van der Waals surface area (Å²) >= 11 is 0. The second-order valence-corrected chi connectivity index (χ2v) is 5.81. The average Bonchev–Trinajstić information content (AvgIpc) is 2.72. The molecule has 0 amide bonds. The van der Waals surface area contributed by atoms with Crippen LogP contribution in [0.4, 0.5) is 0 Å². The summed E-state index contributed by atoms with van der Waals surface area (Å²) in [5, 5.41) is 9.32. The number of aromatic carboxylic acids is 1. The van der Waals surface area contributed by atoms with Crippen molar-refractivity contribution in [2.24, 2.45) is 0 Å². The van der Waals surface area contributed by atoms with Gasteiger partial charge in [0.05, 0.1) is 17.9 Å². The third-order valence-electron chi connectivity index (χ3n) is 2.77. The Hall–Kier alpha value is -2.57. The summed E-state index contributed by atoms with van der Waals surface area (Å²) in [6, 6.07) is 0. The predicted octanol–water partition coefficient (Wildman–Crippen LogP) is 2.55. The quantitative estimate of drug-likeness (QED) is 0.637. The lowest BCUT2D eigenvalue weighted by Crippen LogP contribution is -2.24. The van der Waals surface area contributed by atoms with Crippen molar-refractivity contribution in [2.45, 2.75) is 40.2 Å². The van der Waals surface area contributed by atoms with Gasteiger partial charge in [0.2, 0.25) is 0 Å². The highest BCUT2D eigenvalue weighted by atomic mass is 16.6. The molecule has 7 heteroatoms. The summed E-state index contributed by atoms with van der Waals surface area (Å²) < 4.78 is 9.97. The Bertz CT molecular complexity index is 648. The zero-order chi connectivity index (χ0) is 17.8. The van der Waals surface area contributed by atoms with Gasteiger partial charge in [0.1, 0.15) is 11.3 Å². The Balaban J connectivity index is 3.22. The maximum atomic E-state index is 12.1. The summed E-state index contributed by atoms with van der Waals surface area (Å²) in [6.45, 7) is 8.51. The zero-order valence-corrected chi connectivity index (χ0v) is 13.9. The number of ether oxygens (including phenoxy) is 2. The van der Waals surface area contributed by atoms with Crippen molar-refractivity contribution in [2.75, 3.05) is 6.61 Å². The van der Waals surface area contributed by atoms with Crippen LogP contribution in [0.2, 0.25) is 0 Å². The first kappa shape index (κ1) is 18.5. The van der Waals surface area contributed by atoms with Gasteiger partial charge >= 0.3 is 17.9 Å². The molecule has 0 saturated carbocycles. The largest absolute Gasteiger partial charge is 0.478 e. The number of carbonyl (C=O) groups is 3. The topological polar surface area (TPSA) is 106 Å². The number of carboxylic acids is 1. The first-order valence-corrected chi connectivity index (χ1v) is 7.10. The fourth-order valence-electron chi connectivity index (χ4n) is 1.89. The van der Waals surface area contributed by atoms with Gasteiger partial charge in [0.25, 0.3) is 0 Å². The van der Waals surface area contributed by atoms with E-state index in [-0.39, 0.29) is 29.1 Å². The predicted molar refractivity (Wildman–Crippen MR) is 83.3 cm³/mol. The third-order valence-corrected chi connectivity index (χ3v) is 2.77. The normalized spacial score (nSPS) is 11.5. The van der Waals surface area contributed by atoms with Crippen LogP contribution in [0.5, 0.6) is 0 Å². The van der Waals surface area contributed by atoms with Gasteiger partial charge in [-0.1, -0.05) is 0 Å². The molecule has 0 aliphatic rings. The molecule has 0 radical (unpaired) electrons. The highest BCUT2D eigenvalue weighted by molar-refractivity contribution is 6.00. The monoisotopic (exact) mass is 323 g/mol. The minimum absolute atomic E-state index is 0.0424. The number of hydrogen-bond acceptors (Lipinski definition) is 5. The molecule has 0 saturated heterocycles. The molecule has 0 aliphatic heterocycles. The Morgan fingerprint density at radius 2 is 1.87 bits per heavy atom. The van der Waals surface area contributed by atoms with Crippen LogP contribution in [0.15, 0.2) is 6.08 Å². The van der Waals surface area contributed by atoms with Crippen molar-refractivity contribution in [3.8, 4) is 0 Å². The van der Waals surface area contributed by atoms with E-state index in [2.05, 4.69) is 4.98 Å². The van der Waals surface area contributed by atoms with E-state index in [9.17, 15) is 19.5 Å². The molecule has 0 aromatic carbocycles. The van der Waals surface area contributed by atoms with Crippen LogP contribution >= 0.6 is 0 Å². The molecule has 0 unspecified atom stereocenters. The lowest BCUT2D eigenvalue weighted by atomic mass is 10.1. The molecular formula is C16H21NO6. The Morgan fingerprint density at radius 1 is 1.26 bits per heavy atom. The second kappa shape index (κ2) is 7.13. The van der Waals surface area contributed by atoms with Crippen LogP contribution in [0.1, 0.15) is 59.8 Å². The molecule has 0 fully saturated rings. The van der Waals surface area contributed by atoms with Crippen LogP contribution in [-0.4, -0.2) is 40.2 Å². The van der Waals surface area contributed by atoms with Crippen LogP contribution in [-0.2, 0) is 14.3 Å². The molecule has 1 rings (SSSR count). The first-order valence-electron chi connectivity index (χ1n) is 7.10. The van der Waals surface area contributed by atoms with Crippen LogP contribution in [0.25, 0.3) is 6.08 Å². The molecule has 1 aromatic rings. The minimum atomic E-state index is -1.21. The van der Waals surface area contributed by atoms with E-state index < -0.39 is 23.5 Å². The van der Waals surface area contributed by atoms with Gasteiger partial charge in [0.15, 0.2) is 0 Å². The van der Waals surface area contributed by atoms with Gasteiger partial charge in [0, 0.05) is 6.08 Å². The molecule has 0 aliphatic carbocycles. The van der Waals surface area contributed by atoms with E-state index in [1.165, 1.54) is 13.0 Å². The van der Waals surface area contributed by atoms with Crippen LogP contribution in [0.3, 0.4) is 0 Å². The SMILES string of the molecule is CCOC(=O)C=Cc1[nH]c(C(=O)OC(C)(C)C)c(C)c1C(=O)O. The van der Waals surface area contributed by atoms with Crippen molar-refractivity contribution in [3.63, 3.8) is 0 Å². The molecule has 0 bridgehead atoms. The summed E-state index contributed by atoms with van der Waals surface area (Å²) in [4.78, 5) is 37.6. The van der Waals surface area contributed by atoms with Crippen molar-refractivity contribution in [1.82, 2.24) is 4.98 Å². The molecular weight excluding hydrogens is 302 g/mol. The van der Waals surface area contributed by atoms with Crippen molar-refractivity contribution in [3.05, 3.63) is 28.6 Å². The summed E-state index contributed by atoms with van der Waals surface area (Å²) in [5.41, 5.74) is -0.384. The molecule has 7 nitrogen and oxygen atoms in total. The number of aromatic amines is 1. The summed E-state index contributed by atoms with van der Waals surface area (Å²) in [5.74, 6) is -2.47. The number of hydrogen-bond donors (Lipinski definition) is 2. The lowest BCUT2D eigenvalue weighted by molar-refractivity contribution is -0.137. The number of nitrogens with one attached hydrogen (secondary N) is 1. The van der Waals surface area contributed by atoms with E-state index in [0.717, 1.165) is 6.08 Å². The van der Waals surface area contributed by atoms with E-state index in [1.54, 1.807) is 27.7 Å². The average molecular weight is 323 g/mol. The van der Waals surface area contributed by atoms with Gasteiger partial charge in [-0.05, 0) is 46.3 Å². The maximum Gasteiger partial charge on any atom is 0.355 e. The number of aromatic nitrogens is 1. The maximum absolute atomic E-state index is 12.1. The van der Waals surface area contributed by atoms with Crippen LogP contribution < -0.4 is 0 Å². The number of H-pyrrole nitrogens is 1. The Kier molecular flexibility index (Phi) is 5.73. The molecule has 2 N–H and O–H groups in total. The number of carbonyl (C=O) groups excluding carboxylic acids is 2. The van der Waals surface area contributed by atoms with Gasteiger partial charge < -0.3 is 19.6 Å². The van der Waals surface area contributed by atoms with Crippen LogP contribution in [0, 0.1) is 6.92 Å². The highest BCUT2D eigenvalue weighted by Gasteiger charge is 2.26. The third kappa shape index (κ3) is 4.98. The zero-order valence-electron chi connectivity index (χ0n) is 13.9. The Labute approximate surface area is 134 Å². The van der Waals surface area contributed by atoms with E-state index in [0.29, 0.717) is 0 Å². The first-order chi connectivity index (χ1) is 10.6. The standard InChI is InChI=1S/C16H21NO6/c1-6-22-11(18)8-7-10-12(14(19)20)9(2)13(17-10)15(21)23-16(3,4)5/h7-8,17H,6H2,1-5H3,(H,19,20). The molecule has 1 heterocycles. The summed E-state index contributed by atoms with van der Waals surface area (Å²) in [7, 11) is 0. The van der Waals surface area contributed by atoms with Gasteiger partial charge in [-0.15, -0.1) is 0 Å². The minimum Gasteiger partial charge on any atom is -0.478 e. The van der Waals surface area contributed by atoms with E-state index in [4.69, 9.17) is 9.47 Å². The number of carboxylic acid groups (broad SMARTS) is 1. The van der Waals surface area contributed by atoms with E-state index >= 15 is 0 Å². The fourth-order valence-corrected chi connectivity index (χ4v) is 1.89. The van der Waals surface area contributed by atoms with Gasteiger partial charge in [-0.2, -0.15) is 0 Å². The molecule has 126 valence electrons. The second-order valence-electron chi connectivity index (χ2n) is 5.81. The molecule has 1 aromatic heterocycles. The van der Waals surface area contributed by atoms with E-state index in [1.807, 2.05) is 0 Å². The number of rotatable bonds is 5. The molecule has 0 spiro atoms. The number of esters is 2. The van der Waals surface area contributed by atoms with Gasteiger partial charge in [-0.25, -0.2) is 14.4 Å². The summed E-state index contributed by atoms with van der Waals surface area (Å²) in [6.07, 6.45) is 2.36. The lowest BCUT2D eigenvalue weighted by Gasteiger charge is -2.19. The van der Waals surface area contributed by atoms with Crippen molar-refractivity contribution in [1.29, 1.82) is 0 Å². The smallest absolute Gasteiger partial charge is 0.355 e. The van der Waals surface area contributed by atoms with Gasteiger partial charge in [-0.3, -0.25) is 0 Å².